The molecule has 1 atom stereocenters. The van der Waals surface area contributed by atoms with E-state index in [1.807, 2.05) is 6.92 Å². The molecule has 0 radical (unpaired) electrons. The maximum absolute atomic E-state index is 14.4. The van der Waals surface area contributed by atoms with Crippen molar-refractivity contribution in [1.82, 2.24) is 0 Å². The van der Waals surface area contributed by atoms with Crippen molar-refractivity contribution in [3.63, 3.8) is 0 Å². The second kappa shape index (κ2) is 4.00. The summed E-state index contributed by atoms with van der Waals surface area (Å²) in [6, 6.07) is 1.59. The van der Waals surface area contributed by atoms with Crippen molar-refractivity contribution >= 4 is 11.6 Å². The molecule has 18 heavy (non-hydrogen) atoms. The van der Waals surface area contributed by atoms with E-state index in [9.17, 15) is 4.39 Å². The van der Waals surface area contributed by atoms with Crippen LogP contribution in [0.1, 0.15) is 25.3 Å². The van der Waals surface area contributed by atoms with Gasteiger partial charge in [0, 0.05) is 17.0 Å². The first-order chi connectivity index (χ1) is 8.56. The van der Waals surface area contributed by atoms with Gasteiger partial charge in [0.15, 0.2) is 11.5 Å². The summed E-state index contributed by atoms with van der Waals surface area (Å²) in [6.45, 7) is 2.75. The summed E-state index contributed by atoms with van der Waals surface area (Å²) in [5, 5.41) is 0.00845. The number of hydrogen-bond acceptors (Lipinski definition) is 3. The van der Waals surface area contributed by atoms with Crippen molar-refractivity contribution in [2.45, 2.75) is 31.2 Å². The Kier molecular flexibility index (Phi) is 2.68. The Balaban J connectivity index is 2.14. The summed E-state index contributed by atoms with van der Waals surface area (Å²) in [5.74, 6) is 0.412. The zero-order valence-electron chi connectivity index (χ0n) is 10.1. The Morgan fingerprint density at radius 3 is 2.67 bits per heavy atom. The number of ether oxygens (including phenoxy) is 2. The quantitative estimate of drug-likeness (QED) is 0.899. The van der Waals surface area contributed by atoms with Crippen LogP contribution >= 0.6 is 11.6 Å². The van der Waals surface area contributed by atoms with Gasteiger partial charge in [0.1, 0.15) is 24.1 Å². The minimum absolute atomic E-state index is 0.00845. The Labute approximate surface area is 110 Å². The van der Waals surface area contributed by atoms with Crippen LogP contribution in [0.25, 0.3) is 0 Å². The first-order valence-corrected chi connectivity index (χ1v) is 6.48. The van der Waals surface area contributed by atoms with Gasteiger partial charge in [0.2, 0.25) is 0 Å². The van der Waals surface area contributed by atoms with Crippen molar-refractivity contribution in [1.29, 1.82) is 0 Å². The number of halogens is 2. The number of fused-ring (bicyclic) bond motifs is 1. The lowest BCUT2D eigenvalue weighted by Gasteiger charge is -2.25. The van der Waals surface area contributed by atoms with Gasteiger partial charge in [-0.3, -0.25) is 0 Å². The van der Waals surface area contributed by atoms with Crippen molar-refractivity contribution in [2.75, 3.05) is 13.2 Å². The molecular formula is C13H15ClFNO2. The molecule has 0 amide bonds. The van der Waals surface area contributed by atoms with E-state index in [1.54, 1.807) is 6.07 Å². The first-order valence-electron chi connectivity index (χ1n) is 6.10. The molecule has 0 saturated heterocycles. The monoisotopic (exact) mass is 271 g/mol. The largest absolute Gasteiger partial charge is 0.486 e. The first kappa shape index (κ1) is 12.1. The van der Waals surface area contributed by atoms with E-state index in [2.05, 4.69) is 0 Å². The normalized spacial score (nSPS) is 21.6. The standard InChI is InChI=1S/C13H15ClFNO2/c1-7(16)13(2-3-13)8-6-9-12(10(14)11(8)15)18-5-4-17-9/h6-7H,2-5,16H2,1H3. The van der Waals surface area contributed by atoms with E-state index < -0.39 is 5.82 Å². The van der Waals surface area contributed by atoms with Crippen LogP contribution in [0.5, 0.6) is 11.5 Å². The molecule has 1 heterocycles. The predicted octanol–water partition coefficient (Wildman–Crippen LogP) is 2.63. The van der Waals surface area contributed by atoms with Crippen LogP contribution < -0.4 is 15.2 Å². The molecule has 98 valence electrons. The fourth-order valence-corrected chi connectivity index (χ4v) is 2.84. The van der Waals surface area contributed by atoms with Gasteiger partial charge in [0.25, 0.3) is 0 Å². The minimum atomic E-state index is -0.421. The molecule has 1 aromatic rings. The SMILES string of the molecule is CC(N)C1(c2cc3c(c(Cl)c2F)OCCO3)CC1. The molecule has 3 rings (SSSR count). The number of benzene rings is 1. The molecule has 1 saturated carbocycles. The molecular weight excluding hydrogens is 257 g/mol. The van der Waals surface area contributed by atoms with E-state index in [0.717, 1.165) is 12.8 Å². The molecule has 1 unspecified atom stereocenters. The highest BCUT2D eigenvalue weighted by Crippen LogP contribution is 2.54. The fraction of sp³-hybridized carbons (Fsp3) is 0.538. The summed E-state index contributed by atoms with van der Waals surface area (Å²) in [5.41, 5.74) is 6.25. The molecule has 3 nitrogen and oxygen atoms in total. The molecule has 2 aliphatic rings. The molecule has 1 aromatic carbocycles. The van der Waals surface area contributed by atoms with Gasteiger partial charge in [-0.25, -0.2) is 4.39 Å². The summed E-state index contributed by atoms with van der Waals surface area (Å²) in [6.07, 6.45) is 1.77. The predicted molar refractivity (Wildman–Crippen MR) is 67.0 cm³/mol. The summed E-state index contributed by atoms with van der Waals surface area (Å²) >= 11 is 6.03. The van der Waals surface area contributed by atoms with E-state index in [1.165, 1.54) is 0 Å². The van der Waals surface area contributed by atoms with Crippen molar-refractivity contribution < 1.29 is 13.9 Å². The Morgan fingerprint density at radius 2 is 2.06 bits per heavy atom. The van der Waals surface area contributed by atoms with E-state index in [0.29, 0.717) is 30.3 Å². The maximum Gasteiger partial charge on any atom is 0.182 e. The van der Waals surface area contributed by atoms with Crippen molar-refractivity contribution in [2.24, 2.45) is 5.73 Å². The minimum Gasteiger partial charge on any atom is -0.486 e. The van der Waals surface area contributed by atoms with Gasteiger partial charge in [-0.2, -0.15) is 0 Å². The number of nitrogens with two attached hydrogens (primary N) is 1. The van der Waals surface area contributed by atoms with E-state index in [4.69, 9.17) is 26.8 Å². The fourth-order valence-electron chi connectivity index (χ4n) is 2.59. The molecule has 0 bridgehead atoms. The maximum atomic E-state index is 14.4. The Hall–Kier alpha value is -1.00. The van der Waals surface area contributed by atoms with Gasteiger partial charge in [-0.15, -0.1) is 0 Å². The van der Waals surface area contributed by atoms with Gasteiger partial charge < -0.3 is 15.2 Å². The summed E-state index contributed by atoms with van der Waals surface area (Å²) < 4.78 is 25.2. The molecule has 1 fully saturated rings. The zero-order chi connectivity index (χ0) is 12.9. The average Bonchev–Trinajstić information content (AvgIpc) is 3.15. The van der Waals surface area contributed by atoms with Crippen LogP contribution in [-0.2, 0) is 5.41 Å². The highest BCUT2D eigenvalue weighted by Gasteiger charge is 2.50. The van der Waals surface area contributed by atoms with E-state index in [-0.39, 0.29) is 16.5 Å². The third-order valence-electron chi connectivity index (χ3n) is 3.91. The van der Waals surface area contributed by atoms with Gasteiger partial charge in [0.05, 0.1) is 0 Å². The molecule has 1 aliphatic heterocycles. The number of rotatable bonds is 2. The smallest absolute Gasteiger partial charge is 0.182 e. The van der Waals surface area contributed by atoms with Gasteiger partial charge in [-0.1, -0.05) is 11.6 Å². The molecule has 1 aliphatic carbocycles. The van der Waals surface area contributed by atoms with Crippen LogP contribution in [0.4, 0.5) is 4.39 Å². The zero-order valence-corrected chi connectivity index (χ0v) is 10.9. The summed E-state index contributed by atoms with van der Waals surface area (Å²) in [7, 11) is 0. The highest BCUT2D eigenvalue weighted by atomic mass is 35.5. The molecule has 0 aromatic heterocycles. The lowest BCUT2D eigenvalue weighted by molar-refractivity contribution is 0.170. The van der Waals surface area contributed by atoms with Crippen molar-refractivity contribution in [3.8, 4) is 11.5 Å². The number of hydrogen-bond donors (Lipinski definition) is 1. The average molecular weight is 272 g/mol. The van der Waals surface area contributed by atoms with Crippen LogP contribution in [0, 0.1) is 5.82 Å². The molecule has 5 heteroatoms. The highest BCUT2D eigenvalue weighted by molar-refractivity contribution is 6.32. The molecule has 0 spiro atoms. The van der Waals surface area contributed by atoms with Crippen LogP contribution in [0.2, 0.25) is 5.02 Å². The van der Waals surface area contributed by atoms with Crippen LogP contribution in [-0.4, -0.2) is 19.3 Å². The van der Waals surface area contributed by atoms with Crippen LogP contribution in [0.15, 0.2) is 6.07 Å². The lowest BCUT2D eigenvalue weighted by Crippen LogP contribution is -2.32. The Bertz CT molecular complexity index is 500. The van der Waals surface area contributed by atoms with Crippen molar-refractivity contribution in [3.05, 3.63) is 22.5 Å². The third kappa shape index (κ3) is 1.59. The van der Waals surface area contributed by atoms with E-state index >= 15 is 0 Å². The van der Waals surface area contributed by atoms with Crippen LogP contribution in [0.3, 0.4) is 0 Å². The lowest BCUT2D eigenvalue weighted by atomic mass is 9.88. The van der Waals surface area contributed by atoms with Gasteiger partial charge in [-0.05, 0) is 25.8 Å². The second-order valence-corrected chi connectivity index (χ2v) is 5.40. The second-order valence-electron chi connectivity index (χ2n) is 5.02. The summed E-state index contributed by atoms with van der Waals surface area (Å²) in [4.78, 5) is 0. The van der Waals surface area contributed by atoms with Gasteiger partial charge >= 0.3 is 0 Å². The Morgan fingerprint density at radius 1 is 1.39 bits per heavy atom. The molecule has 2 N–H and O–H groups in total. The third-order valence-corrected chi connectivity index (χ3v) is 4.25. The topological polar surface area (TPSA) is 44.5 Å².